The molecule has 1 aliphatic carbocycles. The molecule has 112 valence electrons. The Kier molecular flexibility index (Phi) is 3.49. The molecule has 0 amide bonds. The second-order valence-corrected chi connectivity index (χ2v) is 7.55. The Morgan fingerprint density at radius 1 is 1.27 bits per heavy atom. The van der Waals surface area contributed by atoms with E-state index in [0.717, 1.165) is 33.5 Å². The standard InChI is InChI=1S/C18H17BrN2O/c1-11-6-14-16(8-18(2,3)9-17(14)22)21(11)13-5-4-12(10-20)15(19)7-13/h4-7H,8-9H2,1-3H3. The van der Waals surface area contributed by atoms with Crippen molar-refractivity contribution in [1.29, 1.82) is 5.26 Å². The van der Waals surface area contributed by atoms with E-state index in [9.17, 15) is 4.79 Å². The Hall–Kier alpha value is -1.86. The fourth-order valence-electron chi connectivity index (χ4n) is 3.24. The highest BCUT2D eigenvalue weighted by Crippen LogP contribution is 2.37. The Labute approximate surface area is 138 Å². The van der Waals surface area contributed by atoms with Gasteiger partial charge in [0.25, 0.3) is 0 Å². The molecule has 0 spiro atoms. The number of Topliss-reactive ketones (excluding diaryl/α,β-unsaturated/α-hetero) is 1. The van der Waals surface area contributed by atoms with Crippen LogP contribution in [0.1, 0.15) is 47.6 Å². The van der Waals surface area contributed by atoms with Crippen LogP contribution in [0.15, 0.2) is 28.7 Å². The summed E-state index contributed by atoms with van der Waals surface area (Å²) >= 11 is 3.45. The van der Waals surface area contributed by atoms with Gasteiger partial charge >= 0.3 is 0 Å². The van der Waals surface area contributed by atoms with Crippen molar-refractivity contribution in [3.8, 4) is 11.8 Å². The number of carbonyl (C=O) groups excluding carboxylic acids is 1. The van der Waals surface area contributed by atoms with E-state index in [1.54, 1.807) is 6.07 Å². The third kappa shape index (κ3) is 2.40. The first-order valence-electron chi connectivity index (χ1n) is 7.27. The zero-order valence-electron chi connectivity index (χ0n) is 12.9. The van der Waals surface area contributed by atoms with E-state index in [2.05, 4.69) is 40.4 Å². The Bertz CT molecular complexity index is 824. The molecule has 22 heavy (non-hydrogen) atoms. The average molecular weight is 357 g/mol. The lowest BCUT2D eigenvalue weighted by atomic mass is 9.76. The highest BCUT2D eigenvalue weighted by atomic mass is 79.9. The van der Waals surface area contributed by atoms with Crippen LogP contribution >= 0.6 is 15.9 Å². The summed E-state index contributed by atoms with van der Waals surface area (Å²) in [5, 5.41) is 9.06. The summed E-state index contributed by atoms with van der Waals surface area (Å²) < 4.78 is 2.91. The van der Waals surface area contributed by atoms with E-state index in [1.807, 2.05) is 25.1 Å². The molecule has 1 aliphatic rings. The van der Waals surface area contributed by atoms with Crippen LogP contribution in [0.4, 0.5) is 0 Å². The van der Waals surface area contributed by atoms with Crippen molar-refractivity contribution in [3.05, 3.63) is 51.3 Å². The molecule has 0 fully saturated rings. The summed E-state index contributed by atoms with van der Waals surface area (Å²) in [4.78, 5) is 12.4. The van der Waals surface area contributed by atoms with Gasteiger partial charge < -0.3 is 4.57 Å². The van der Waals surface area contributed by atoms with Gasteiger partial charge in [-0.1, -0.05) is 13.8 Å². The van der Waals surface area contributed by atoms with Crippen LogP contribution in [0, 0.1) is 23.7 Å². The summed E-state index contributed by atoms with van der Waals surface area (Å²) in [6, 6.07) is 9.82. The number of nitriles is 1. The second-order valence-electron chi connectivity index (χ2n) is 6.70. The topological polar surface area (TPSA) is 45.8 Å². The molecule has 0 saturated heterocycles. The molecule has 0 radical (unpaired) electrons. The summed E-state index contributed by atoms with van der Waals surface area (Å²) in [5.41, 5.74) is 4.55. The molecule has 4 heteroatoms. The predicted octanol–water partition coefficient (Wildman–Crippen LogP) is 4.58. The lowest BCUT2D eigenvalue weighted by Crippen LogP contribution is -2.27. The third-order valence-electron chi connectivity index (χ3n) is 4.20. The zero-order chi connectivity index (χ0) is 16.1. The van der Waals surface area contributed by atoms with Crippen LogP contribution < -0.4 is 0 Å². The van der Waals surface area contributed by atoms with E-state index in [0.29, 0.717) is 12.0 Å². The largest absolute Gasteiger partial charge is 0.317 e. The molecule has 1 heterocycles. The van der Waals surface area contributed by atoms with E-state index < -0.39 is 0 Å². The maximum absolute atomic E-state index is 12.4. The average Bonchev–Trinajstić information content (AvgIpc) is 2.74. The number of fused-ring (bicyclic) bond motifs is 1. The minimum atomic E-state index is -0.0174. The summed E-state index contributed by atoms with van der Waals surface area (Å²) in [6.45, 7) is 6.29. The number of nitrogens with zero attached hydrogens (tertiary/aromatic N) is 2. The van der Waals surface area contributed by atoms with Gasteiger partial charge in [0.1, 0.15) is 6.07 Å². The normalized spacial score (nSPS) is 16.2. The number of halogens is 1. The van der Waals surface area contributed by atoms with Gasteiger partial charge in [0.15, 0.2) is 5.78 Å². The summed E-state index contributed by atoms with van der Waals surface area (Å²) in [6.07, 6.45) is 1.47. The molecule has 2 aromatic rings. The first kappa shape index (κ1) is 15.1. The first-order valence-corrected chi connectivity index (χ1v) is 8.06. The van der Waals surface area contributed by atoms with Gasteiger partial charge in [-0.25, -0.2) is 0 Å². The molecule has 0 bridgehead atoms. The molecular formula is C18H17BrN2O. The molecule has 0 N–H and O–H groups in total. The fraction of sp³-hybridized carbons (Fsp3) is 0.333. The highest BCUT2D eigenvalue weighted by Gasteiger charge is 2.34. The second kappa shape index (κ2) is 5.10. The van der Waals surface area contributed by atoms with Gasteiger partial charge in [0.2, 0.25) is 0 Å². The SMILES string of the molecule is Cc1cc2c(n1-c1ccc(C#N)c(Br)c1)CC(C)(C)CC2=O. The molecule has 0 atom stereocenters. The number of hydrogen-bond acceptors (Lipinski definition) is 2. The Balaban J connectivity index is 2.19. The van der Waals surface area contributed by atoms with Crippen molar-refractivity contribution >= 4 is 21.7 Å². The van der Waals surface area contributed by atoms with E-state index >= 15 is 0 Å². The van der Waals surface area contributed by atoms with Crippen LogP contribution in [-0.2, 0) is 6.42 Å². The van der Waals surface area contributed by atoms with Gasteiger partial charge in [0.05, 0.1) is 5.56 Å². The molecule has 0 unspecified atom stereocenters. The predicted molar refractivity (Wildman–Crippen MR) is 89.4 cm³/mol. The maximum Gasteiger partial charge on any atom is 0.165 e. The monoisotopic (exact) mass is 356 g/mol. The van der Waals surface area contributed by atoms with Crippen molar-refractivity contribution in [2.45, 2.75) is 33.6 Å². The van der Waals surface area contributed by atoms with Crippen LogP contribution in [0.3, 0.4) is 0 Å². The molecule has 1 aromatic carbocycles. The lowest BCUT2D eigenvalue weighted by molar-refractivity contribution is 0.0911. The van der Waals surface area contributed by atoms with Gasteiger partial charge in [0, 0.05) is 33.5 Å². The van der Waals surface area contributed by atoms with Crippen molar-refractivity contribution in [2.24, 2.45) is 5.41 Å². The molecule has 0 aliphatic heterocycles. The lowest BCUT2D eigenvalue weighted by Gasteiger charge is -2.30. The van der Waals surface area contributed by atoms with Gasteiger partial charge in [-0.05, 0) is 59.0 Å². The van der Waals surface area contributed by atoms with Crippen LogP contribution in [0.2, 0.25) is 0 Å². The number of hydrogen-bond donors (Lipinski definition) is 0. The van der Waals surface area contributed by atoms with E-state index in [-0.39, 0.29) is 11.2 Å². The number of aromatic nitrogens is 1. The number of rotatable bonds is 1. The van der Waals surface area contributed by atoms with Crippen molar-refractivity contribution in [1.82, 2.24) is 4.57 Å². The van der Waals surface area contributed by atoms with Crippen LogP contribution in [-0.4, -0.2) is 10.4 Å². The van der Waals surface area contributed by atoms with Crippen molar-refractivity contribution in [2.75, 3.05) is 0 Å². The Morgan fingerprint density at radius 3 is 2.64 bits per heavy atom. The molecular weight excluding hydrogens is 340 g/mol. The minimum absolute atomic E-state index is 0.0174. The number of carbonyl (C=O) groups is 1. The number of aryl methyl sites for hydroxylation is 1. The highest BCUT2D eigenvalue weighted by molar-refractivity contribution is 9.10. The fourth-order valence-corrected chi connectivity index (χ4v) is 3.70. The van der Waals surface area contributed by atoms with Gasteiger partial charge in [-0.2, -0.15) is 5.26 Å². The van der Waals surface area contributed by atoms with Crippen molar-refractivity contribution in [3.63, 3.8) is 0 Å². The zero-order valence-corrected chi connectivity index (χ0v) is 14.5. The molecule has 0 saturated carbocycles. The van der Waals surface area contributed by atoms with Gasteiger partial charge in [-0.15, -0.1) is 0 Å². The molecule has 3 nitrogen and oxygen atoms in total. The smallest absolute Gasteiger partial charge is 0.165 e. The minimum Gasteiger partial charge on any atom is -0.317 e. The van der Waals surface area contributed by atoms with Crippen molar-refractivity contribution < 1.29 is 4.79 Å². The van der Waals surface area contributed by atoms with Crippen LogP contribution in [0.5, 0.6) is 0 Å². The Morgan fingerprint density at radius 2 is 2.00 bits per heavy atom. The van der Waals surface area contributed by atoms with Gasteiger partial charge in [-0.3, -0.25) is 4.79 Å². The summed E-state index contributed by atoms with van der Waals surface area (Å²) in [7, 11) is 0. The quantitative estimate of drug-likeness (QED) is 0.750. The summed E-state index contributed by atoms with van der Waals surface area (Å²) in [5.74, 6) is 0.223. The third-order valence-corrected chi connectivity index (χ3v) is 4.86. The maximum atomic E-state index is 12.4. The first-order chi connectivity index (χ1) is 10.3. The molecule has 3 rings (SSSR count). The number of benzene rings is 1. The molecule has 1 aromatic heterocycles. The van der Waals surface area contributed by atoms with Crippen LogP contribution in [0.25, 0.3) is 5.69 Å². The van der Waals surface area contributed by atoms with E-state index in [1.165, 1.54) is 0 Å². The van der Waals surface area contributed by atoms with E-state index in [4.69, 9.17) is 5.26 Å². The number of ketones is 1.